The molecule has 0 aromatic rings. The van der Waals surface area contributed by atoms with Crippen LogP contribution in [0.4, 0.5) is 0 Å². The quantitative estimate of drug-likeness (QED) is 0.481. The van der Waals surface area contributed by atoms with Gasteiger partial charge in [0.2, 0.25) is 0 Å². The van der Waals surface area contributed by atoms with Crippen molar-refractivity contribution in [3.8, 4) is 0 Å². The van der Waals surface area contributed by atoms with Crippen LogP contribution < -0.4 is 21.2 Å². The van der Waals surface area contributed by atoms with Gasteiger partial charge in [-0.25, -0.2) is 0 Å². The molecule has 0 spiro atoms. The second-order valence-electron chi connectivity index (χ2n) is 2.92. The fraction of sp³-hybridized carbons (Fsp3) is 1.00. The summed E-state index contributed by atoms with van der Waals surface area (Å²) < 4.78 is 2.57. The van der Waals surface area contributed by atoms with Crippen molar-refractivity contribution in [1.29, 1.82) is 0 Å². The van der Waals surface area contributed by atoms with E-state index in [2.05, 4.69) is 27.7 Å². The molecular weight excluding hydrogens is 247 g/mol. The molecule has 0 aliphatic carbocycles. The average Bonchev–Trinajstić information content (AvgIpc) is 2.05. The summed E-state index contributed by atoms with van der Waals surface area (Å²) in [7, 11) is 0. The Hall–Kier alpha value is 0.730. The second-order valence-corrected chi connectivity index (χ2v) is 6.93. The van der Waals surface area contributed by atoms with Crippen molar-refractivity contribution in [2.45, 2.75) is 50.9 Å². The van der Waals surface area contributed by atoms with Crippen molar-refractivity contribution in [2.75, 3.05) is 4.43 Å². The van der Waals surface area contributed by atoms with Crippen LogP contribution in [-0.4, -0.2) is 8.35 Å². The van der Waals surface area contributed by atoms with E-state index in [0.717, 1.165) is 9.84 Å². The first-order valence-corrected chi connectivity index (χ1v) is 7.64. The molecule has 0 fully saturated rings. The van der Waals surface area contributed by atoms with E-state index >= 15 is 0 Å². The SMILES string of the molecule is CC[I-]C(CC)C(CC)CC. The Labute approximate surface area is 82.4 Å². The Balaban J connectivity index is 3.76. The fourth-order valence-corrected chi connectivity index (χ4v) is 5.06. The van der Waals surface area contributed by atoms with Gasteiger partial charge in [-0.2, -0.15) is 0 Å². The van der Waals surface area contributed by atoms with Crippen LogP contribution in [0.3, 0.4) is 0 Å². The summed E-state index contributed by atoms with van der Waals surface area (Å²) in [5.74, 6) is 1.03. The van der Waals surface area contributed by atoms with E-state index in [4.69, 9.17) is 0 Å². The summed E-state index contributed by atoms with van der Waals surface area (Å²) in [5, 5.41) is 0. The van der Waals surface area contributed by atoms with Gasteiger partial charge in [0.1, 0.15) is 0 Å². The zero-order chi connectivity index (χ0) is 8.69. The molecule has 0 N–H and O–H groups in total. The average molecular weight is 269 g/mol. The molecule has 0 rings (SSSR count). The van der Waals surface area contributed by atoms with Gasteiger partial charge in [-0.3, -0.25) is 0 Å². The molecule has 1 unspecified atom stereocenters. The third-order valence-corrected chi connectivity index (χ3v) is 6.21. The molecular formula is C10H22I-. The minimum atomic E-state index is 0.509. The second kappa shape index (κ2) is 7.38. The molecule has 0 aliphatic rings. The molecule has 0 aliphatic heterocycles. The molecule has 0 heterocycles. The maximum atomic E-state index is 2.36. The van der Waals surface area contributed by atoms with Crippen LogP contribution in [0.2, 0.25) is 0 Å². The van der Waals surface area contributed by atoms with Crippen molar-refractivity contribution < 1.29 is 21.2 Å². The zero-order valence-corrected chi connectivity index (χ0v) is 10.5. The van der Waals surface area contributed by atoms with Gasteiger partial charge in [-0.1, -0.05) is 0 Å². The Morgan fingerprint density at radius 3 is 1.73 bits per heavy atom. The van der Waals surface area contributed by atoms with Crippen LogP contribution in [-0.2, 0) is 0 Å². The Morgan fingerprint density at radius 1 is 0.909 bits per heavy atom. The Morgan fingerprint density at radius 2 is 1.45 bits per heavy atom. The standard InChI is InChI=1S/C10H22I/c1-5-9(6-2)10(7-3)11-8-4/h9-10H,5-8H2,1-4H3/q-1. The molecule has 70 valence electrons. The zero-order valence-electron chi connectivity index (χ0n) is 8.36. The van der Waals surface area contributed by atoms with Crippen LogP contribution in [0, 0.1) is 5.92 Å². The first-order chi connectivity index (χ1) is 5.29. The molecule has 1 atom stereocenters. The molecule has 0 radical (unpaired) electrons. The van der Waals surface area contributed by atoms with Crippen LogP contribution in [0.1, 0.15) is 47.0 Å². The van der Waals surface area contributed by atoms with E-state index in [9.17, 15) is 0 Å². The van der Waals surface area contributed by atoms with Gasteiger partial charge in [0, 0.05) is 0 Å². The van der Waals surface area contributed by atoms with Gasteiger partial charge >= 0.3 is 82.4 Å². The number of alkyl halides is 2. The first kappa shape index (κ1) is 11.7. The molecule has 0 aromatic carbocycles. The fourth-order valence-electron chi connectivity index (χ4n) is 1.57. The summed E-state index contributed by atoms with van der Waals surface area (Å²) in [4.78, 5) is 0. The molecule has 0 aromatic heterocycles. The molecule has 0 saturated carbocycles. The van der Waals surface area contributed by atoms with Crippen molar-refractivity contribution in [3.63, 3.8) is 0 Å². The van der Waals surface area contributed by atoms with Gasteiger partial charge in [-0.05, 0) is 0 Å². The van der Waals surface area contributed by atoms with Crippen LogP contribution in [0.5, 0.6) is 0 Å². The third kappa shape index (κ3) is 4.34. The van der Waals surface area contributed by atoms with E-state index in [1.807, 2.05) is 0 Å². The molecule has 0 amide bonds. The van der Waals surface area contributed by atoms with Crippen LogP contribution in [0.25, 0.3) is 0 Å². The third-order valence-electron chi connectivity index (χ3n) is 2.30. The van der Waals surface area contributed by atoms with Gasteiger partial charge in [0.25, 0.3) is 0 Å². The van der Waals surface area contributed by atoms with Crippen molar-refractivity contribution >= 4 is 0 Å². The molecule has 0 saturated heterocycles. The van der Waals surface area contributed by atoms with Gasteiger partial charge < -0.3 is 0 Å². The predicted octanol–water partition coefficient (Wildman–Crippen LogP) is 0.310. The van der Waals surface area contributed by atoms with Crippen molar-refractivity contribution in [3.05, 3.63) is 0 Å². The van der Waals surface area contributed by atoms with E-state index in [1.54, 1.807) is 0 Å². The van der Waals surface area contributed by atoms with Crippen LogP contribution in [0.15, 0.2) is 0 Å². The normalized spacial score (nSPS) is 14.3. The van der Waals surface area contributed by atoms with Gasteiger partial charge in [0.05, 0.1) is 0 Å². The van der Waals surface area contributed by atoms with Gasteiger partial charge in [0.15, 0.2) is 0 Å². The van der Waals surface area contributed by atoms with E-state index in [-0.39, 0.29) is 0 Å². The summed E-state index contributed by atoms with van der Waals surface area (Å²) in [6, 6.07) is 0. The van der Waals surface area contributed by atoms with E-state index < -0.39 is 0 Å². The van der Waals surface area contributed by atoms with E-state index in [0.29, 0.717) is 21.2 Å². The number of rotatable bonds is 6. The summed E-state index contributed by atoms with van der Waals surface area (Å²) >= 11 is 0.509. The molecule has 1 heteroatoms. The number of hydrogen-bond donors (Lipinski definition) is 0. The van der Waals surface area contributed by atoms with Crippen molar-refractivity contribution in [1.82, 2.24) is 0 Å². The van der Waals surface area contributed by atoms with Crippen LogP contribution >= 0.6 is 0 Å². The summed E-state index contributed by atoms with van der Waals surface area (Å²) in [5.41, 5.74) is 0. The Bertz CT molecular complexity index is 76.9. The topological polar surface area (TPSA) is 0 Å². The minimum absolute atomic E-state index is 0.509. The first-order valence-electron chi connectivity index (χ1n) is 4.87. The van der Waals surface area contributed by atoms with E-state index in [1.165, 1.54) is 23.7 Å². The number of halogens is 1. The maximum absolute atomic E-state index is 2.36. The summed E-state index contributed by atoms with van der Waals surface area (Å²) in [6.45, 7) is 9.39. The molecule has 0 bridgehead atoms. The number of hydrogen-bond acceptors (Lipinski definition) is 0. The molecule has 0 nitrogen and oxygen atoms in total. The van der Waals surface area contributed by atoms with Crippen molar-refractivity contribution in [2.24, 2.45) is 5.92 Å². The monoisotopic (exact) mass is 269 g/mol. The summed E-state index contributed by atoms with van der Waals surface area (Å²) in [6.07, 6.45) is 4.22. The molecule has 11 heavy (non-hydrogen) atoms. The Kier molecular flexibility index (Phi) is 7.87. The van der Waals surface area contributed by atoms with Gasteiger partial charge in [-0.15, -0.1) is 0 Å². The predicted molar refractivity (Wildman–Crippen MR) is 48.7 cm³/mol.